The van der Waals surface area contributed by atoms with Crippen LogP contribution in [0.5, 0.6) is 0 Å². The molecule has 0 aliphatic carbocycles. The molecule has 3 heterocycles. The van der Waals surface area contributed by atoms with Crippen LogP contribution in [0, 0.1) is 0 Å². The molecule has 3 heteroatoms. The first-order chi connectivity index (χ1) is 8.95. The lowest BCUT2D eigenvalue weighted by atomic mass is 10.0. The first-order valence-corrected chi connectivity index (χ1v) is 5.72. The van der Waals surface area contributed by atoms with Crippen LogP contribution in [-0.2, 0) is 0 Å². The van der Waals surface area contributed by atoms with E-state index in [2.05, 4.69) is 15.0 Å². The molecule has 0 spiro atoms. The van der Waals surface area contributed by atoms with Gasteiger partial charge in [-0.15, -0.1) is 0 Å². The van der Waals surface area contributed by atoms with Crippen molar-refractivity contribution in [3.05, 3.63) is 67.3 Å². The monoisotopic (exact) mass is 233 g/mol. The molecular weight excluding hydrogens is 222 g/mol. The van der Waals surface area contributed by atoms with Crippen LogP contribution in [0.2, 0.25) is 0 Å². The lowest BCUT2D eigenvalue weighted by molar-refractivity contribution is 1.26. The number of pyridine rings is 3. The van der Waals surface area contributed by atoms with E-state index in [1.807, 2.05) is 48.7 Å². The second kappa shape index (κ2) is 4.75. The molecule has 3 nitrogen and oxygen atoms in total. The summed E-state index contributed by atoms with van der Waals surface area (Å²) in [6.45, 7) is 0. The Kier molecular flexibility index (Phi) is 2.80. The molecule has 0 radical (unpaired) electrons. The lowest BCUT2D eigenvalue weighted by Crippen LogP contribution is -1.90. The zero-order valence-corrected chi connectivity index (χ0v) is 9.69. The molecule has 0 unspecified atom stereocenters. The lowest BCUT2D eigenvalue weighted by Gasteiger charge is -2.07. The maximum Gasteiger partial charge on any atom is 0.0811 e. The van der Waals surface area contributed by atoms with Crippen molar-refractivity contribution in [1.29, 1.82) is 0 Å². The van der Waals surface area contributed by atoms with Crippen LogP contribution in [0.25, 0.3) is 22.5 Å². The van der Waals surface area contributed by atoms with Crippen molar-refractivity contribution in [2.75, 3.05) is 0 Å². The van der Waals surface area contributed by atoms with E-state index in [1.54, 1.807) is 18.6 Å². The third-order valence-corrected chi connectivity index (χ3v) is 2.68. The van der Waals surface area contributed by atoms with Gasteiger partial charge in [0, 0.05) is 35.9 Å². The maximum atomic E-state index is 4.45. The van der Waals surface area contributed by atoms with E-state index < -0.39 is 0 Å². The molecule has 0 atom stereocenters. The predicted molar refractivity (Wildman–Crippen MR) is 70.7 cm³/mol. The van der Waals surface area contributed by atoms with Crippen LogP contribution < -0.4 is 0 Å². The van der Waals surface area contributed by atoms with Crippen molar-refractivity contribution >= 4 is 0 Å². The molecule has 3 aromatic rings. The molecule has 18 heavy (non-hydrogen) atoms. The summed E-state index contributed by atoms with van der Waals surface area (Å²) < 4.78 is 0. The van der Waals surface area contributed by atoms with Crippen molar-refractivity contribution in [3.8, 4) is 22.5 Å². The largest absolute Gasteiger partial charge is 0.264 e. The molecule has 3 rings (SSSR count). The number of hydrogen-bond donors (Lipinski definition) is 0. The minimum atomic E-state index is 0.907. The van der Waals surface area contributed by atoms with Crippen LogP contribution in [0.1, 0.15) is 0 Å². The third-order valence-electron chi connectivity index (χ3n) is 2.68. The number of aromatic nitrogens is 3. The Morgan fingerprint density at radius 2 is 1.61 bits per heavy atom. The highest BCUT2D eigenvalue weighted by atomic mass is 14.7. The van der Waals surface area contributed by atoms with E-state index in [-0.39, 0.29) is 0 Å². The maximum absolute atomic E-state index is 4.45. The fourth-order valence-corrected chi connectivity index (χ4v) is 1.87. The summed E-state index contributed by atoms with van der Waals surface area (Å²) in [5.41, 5.74) is 3.85. The smallest absolute Gasteiger partial charge is 0.0811 e. The molecule has 0 aliphatic rings. The van der Waals surface area contributed by atoms with Crippen LogP contribution in [0.15, 0.2) is 67.3 Å². The Morgan fingerprint density at radius 1 is 0.722 bits per heavy atom. The van der Waals surface area contributed by atoms with Crippen LogP contribution in [0.3, 0.4) is 0 Å². The van der Waals surface area contributed by atoms with Gasteiger partial charge in [0.05, 0.1) is 11.4 Å². The summed E-state index contributed by atoms with van der Waals surface area (Å²) in [4.78, 5) is 13.0. The average molecular weight is 233 g/mol. The van der Waals surface area contributed by atoms with Crippen molar-refractivity contribution in [3.63, 3.8) is 0 Å². The molecule has 0 saturated heterocycles. The molecule has 0 bridgehead atoms. The fraction of sp³-hybridized carbons (Fsp3) is 0. The Morgan fingerprint density at radius 3 is 2.39 bits per heavy atom. The molecule has 0 fully saturated rings. The van der Waals surface area contributed by atoms with Crippen LogP contribution in [-0.4, -0.2) is 15.0 Å². The van der Waals surface area contributed by atoms with E-state index in [4.69, 9.17) is 0 Å². The van der Waals surface area contributed by atoms with E-state index in [1.165, 1.54) is 0 Å². The van der Waals surface area contributed by atoms with Gasteiger partial charge in [-0.2, -0.15) is 0 Å². The molecule has 0 N–H and O–H groups in total. The zero-order valence-electron chi connectivity index (χ0n) is 9.69. The summed E-state index contributed by atoms with van der Waals surface area (Å²) in [7, 11) is 0. The molecule has 0 aromatic carbocycles. The highest BCUT2D eigenvalue weighted by Crippen LogP contribution is 2.27. The zero-order chi connectivity index (χ0) is 12.2. The van der Waals surface area contributed by atoms with E-state index in [9.17, 15) is 0 Å². The van der Waals surface area contributed by atoms with Gasteiger partial charge in [-0.1, -0.05) is 6.07 Å². The molecule has 3 aromatic heterocycles. The Labute approximate surface area is 105 Å². The summed E-state index contributed by atoms with van der Waals surface area (Å²) in [6, 6.07) is 13.7. The van der Waals surface area contributed by atoms with Gasteiger partial charge in [0.2, 0.25) is 0 Å². The first kappa shape index (κ1) is 10.6. The summed E-state index contributed by atoms with van der Waals surface area (Å²) in [5.74, 6) is 0. The van der Waals surface area contributed by atoms with Crippen LogP contribution >= 0.6 is 0 Å². The van der Waals surface area contributed by atoms with E-state index in [0.29, 0.717) is 0 Å². The Balaban J connectivity index is 2.18. The summed E-state index contributed by atoms with van der Waals surface area (Å²) in [6.07, 6.45) is 7.14. The first-order valence-electron chi connectivity index (χ1n) is 5.72. The molecule has 86 valence electrons. The summed E-state index contributed by atoms with van der Waals surface area (Å²) >= 11 is 0. The molecular formula is C15H11N3. The number of rotatable bonds is 2. The van der Waals surface area contributed by atoms with Gasteiger partial charge in [0.15, 0.2) is 0 Å². The average Bonchev–Trinajstić information content (AvgIpc) is 2.49. The number of nitrogens with zero attached hydrogens (tertiary/aromatic N) is 3. The number of hydrogen-bond acceptors (Lipinski definition) is 3. The minimum absolute atomic E-state index is 0.907. The minimum Gasteiger partial charge on any atom is -0.264 e. The van der Waals surface area contributed by atoms with Gasteiger partial charge in [0.25, 0.3) is 0 Å². The highest BCUT2D eigenvalue weighted by molar-refractivity contribution is 5.78. The predicted octanol–water partition coefficient (Wildman–Crippen LogP) is 3.21. The highest BCUT2D eigenvalue weighted by Gasteiger charge is 2.08. The van der Waals surface area contributed by atoms with Gasteiger partial charge < -0.3 is 0 Å². The topological polar surface area (TPSA) is 38.7 Å². The van der Waals surface area contributed by atoms with Gasteiger partial charge in [-0.3, -0.25) is 15.0 Å². The molecule has 0 saturated carbocycles. The SMILES string of the molecule is c1ccc(-c2cccnc2-c2cccnc2)nc1. The van der Waals surface area contributed by atoms with Crippen molar-refractivity contribution in [2.24, 2.45) is 0 Å². The Hall–Kier alpha value is -2.55. The fourth-order valence-electron chi connectivity index (χ4n) is 1.87. The van der Waals surface area contributed by atoms with Crippen molar-refractivity contribution in [1.82, 2.24) is 15.0 Å². The van der Waals surface area contributed by atoms with E-state index >= 15 is 0 Å². The van der Waals surface area contributed by atoms with Gasteiger partial charge in [-0.05, 0) is 36.4 Å². The summed E-state index contributed by atoms with van der Waals surface area (Å²) in [5, 5.41) is 0. The molecule has 0 aliphatic heterocycles. The third kappa shape index (κ3) is 1.98. The Bertz CT molecular complexity index is 578. The second-order valence-corrected chi connectivity index (χ2v) is 3.86. The normalized spacial score (nSPS) is 10.2. The van der Waals surface area contributed by atoms with Gasteiger partial charge in [-0.25, -0.2) is 0 Å². The molecule has 0 amide bonds. The van der Waals surface area contributed by atoms with Crippen molar-refractivity contribution in [2.45, 2.75) is 0 Å². The van der Waals surface area contributed by atoms with Crippen molar-refractivity contribution < 1.29 is 0 Å². The quantitative estimate of drug-likeness (QED) is 0.682. The van der Waals surface area contributed by atoms with E-state index in [0.717, 1.165) is 22.5 Å². The van der Waals surface area contributed by atoms with Gasteiger partial charge in [0.1, 0.15) is 0 Å². The second-order valence-electron chi connectivity index (χ2n) is 3.86. The van der Waals surface area contributed by atoms with Crippen LogP contribution in [0.4, 0.5) is 0 Å². The standard InChI is InChI=1S/C15H11N3/c1-2-9-17-14(7-1)13-6-4-10-18-15(13)12-5-3-8-16-11-12/h1-11H. The van der Waals surface area contributed by atoms with Gasteiger partial charge >= 0.3 is 0 Å².